The summed E-state index contributed by atoms with van der Waals surface area (Å²) in [6.07, 6.45) is 6.14. The molecule has 1 aliphatic heterocycles. The number of ether oxygens (including phenoxy) is 2. The Morgan fingerprint density at radius 2 is 1.82 bits per heavy atom. The van der Waals surface area contributed by atoms with Gasteiger partial charge in [0.05, 0.1) is 12.6 Å². The molecule has 2 aliphatic rings. The summed E-state index contributed by atoms with van der Waals surface area (Å²) in [6, 6.07) is 7.91. The minimum Gasteiger partial charge on any atom is -0.465 e. The monoisotopic (exact) mass is 458 g/mol. The van der Waals surface area contributed by atoms with Gasteiger partial charge in [-0.3, -0.25) is 14.9 Å². The van der Waals surface area contributed by atoms with E-state index in [0.717, 1.165) is 37.7 Å². The lowest BCUT2D eigenvalue weighted by Crippen LogP contribution is -2.55. The van der Waals surface area contributed by atoms with Crippen LogP contribution in [0.3, 0.4) is 0 Å². The van der Waals surface area contributed by atoms with Crippen LogP contribution in [0, 0.1) is 5.92 Å². The highest BCUT2D eigenvalue weighted by Gasteiger charge is 2.49. The molecular weight excluding hydrogens is 420 g/mol. The smallest absolute Gasteiger partial charge is 0.329 e. The van der Waals surface area contributed by atoms with Crippen molar-refractivity contribution in [2.45, 2.75) is 96.5 Å². The molecule has 7 nitrogen and oxygen atoms in total. The Morgan fingerprint density at radius 3 is 2.52 bits per heavy atom. The maximum Gasteiger partial charge on any atom is 0.329 e. The third-order valence-electron chi connectivity index (χ3n) is 6.81. The van der Waals surface area contributed by atoms with Gasteiger partial charge in [-0.1, -0.05) is 56.5 Å². The van der Waals surface area contributed by atoms with Crippen LogP contribution in [0.15, 0.2) is 30.3 Å². The van der Waals surface area contributed by atoms with Gasteiger partial charge in [0.15, 0.2) is 0 Å². The number of hydrogen-bond acceptors (Lipinski definition) is 6. The molecule has 3 rings (SSSR count). The van der Waals surface area contributed by atoms with Crippen LogP contribution in [-0.4, -0.2) is 53.5 Å². The molecule has 0 spiro atoms. The molecule has 5 atom stereocenters. The lowest BCUT2D eigenvalue weighted by Gasteiger charge is -2.35. The van der Waals surface area contributed by atoms with Gasteiger partial charge in [0, 0.05) is 6.04 Å². The molecule has 182 valence electrons. The van der Waals surface area contributed by atoms with Crippen molar-refractivity contribution in [2.75, 3.05) is 6.61 Å². The Hall–Kier alpha value is -2.41. The van der Waals surface area contributed by atoms with E-state index in [1.807, 2.05) is 37.3 Å². The Morgan fingerprint density at radius 1 is 1.09 bits per heavy atom. The summed E-state index contributed by atoms with van der Waals surface area (Å²) >= 11 is 0. The molecule has 4 unspecified atom stereocenters. The zero-order valence-electron chi connectivity index (χ0n) is 20.1. The highest BCUT2D eigenvalue weighted by atomic mass is 16.5. The number of fused-ring (bicyclic) bond motifs is 1. The van der Waals surface area contributed by atoms with Gasteiger partial charge in [-0.25, -0.2) is 4.79 Å². The van der Waals surface area contributed by atoms with E-state index < -0.39 is 18.1 Å². The number of carbonyl (C=O) groups is 3. The largest absolute Gasteiger partial charge is 0.465 e. The lowest BCUT2D eigenvalue weighted by molar-refractivity contribution is -0.157. The normalized spacial score (nSPS) is 24.0. The quantitative estimate of drug-likeness (QED) is 0.539. The second-order valence-corrected chi connectivity index (χ2v) is 9.18. The second kappa shape index (κ2) is 12.2. The van der Waals surface area contributed by atoms with Crippen LogP contribution in [0.4, 0.5) is 0 Å². The van der Waals surface area contributed by atoms with Gasteiger partial charge in [0.1, 0.15) is 18.7 Å². The van der Waals surface area contributed by atoms with Gasteiger partial charge in [0.25, 0.3) is 0 Å². The summed E-state index contributed by atoms with van der Waals surface area (Å²) in [5, 5.41) is 3.17. The van der Waals surface area contributed by atoms with Crippen LogP contribution in [-0.2, 0) is 30.5 Å². The number of likely N-dealkylation sites (tertiary alicyclic amines) is 1. The zero-order chi connectivity index (χ0) is 23.8. The van der Waals surface area contributed by atoms with E-state index in [2.05, 4.69) is 5.32 Å². The molecule has 2 fully saturated rings. The molecule has 1 aliphatic carbocycles. The lowest BCUT2D eigenvalue weighted by atomic mass is 9.84. The summed E-state index contributed by atoms with van der Waals surface area (Å²) in [5.41, 5.74) is 0.922. The van der Waals surface area contributed by atoms with Gasteiger partial charge in [-0.15, -0.1) is 0 Å². The van der Waals surface area contributed by atoms with Crippen molar-refractivity contribution in [1.29, 1.82) is 0 Å². The molecule has 1 N–H and O–H groups in total. The van der Waals surface area contributed by atoms with Crippen LogP contribution in [0.1, 0.15) is 71.3 Å². The van der Waals surface area contributed by atoms with Crippen LogP contribution in [0.25, 0.3) is 0 Å². The third kappa shape index (κ3) is 6.34. The summed E-state index contributed by atoms with van der Waals surface area (Å²) in [6.45, 7) is 6.03. The molecule has 1 saturated carbocycles. The van der Waals surface area contributed by atoms with Gasteiger partial charge in [0.2, 0.25) is 5.91 Å². The van der Waals surface area contributed by atoms with Crippen LogP contribution in [0.2, 0.25) is 0 Å². The first-order valence-corrected chi connectivity index (χ1v) is 12.4. The molecule has 7 heteroatoms. The zero-order valence-corrected chi connectivity index (χ0v) is 20.1. The molecule has 1 saturated heterocycles. The van der Waals surface area contributed by atoms with E-state index in [1.54, 1.807) is 18.7 Å². The van der Waals surface area contributed by atoms with Crippen molar-refractivity contribution in [2.24, 2.45) is 5.92 Å². The standard InChI is InChI=1S/C26H38N2O5/c1-4-11-21(25(30)32-5-2)27-18(3)24(29)28-22-15-10-9-14-20(22)16-23(28)26(31)33-17-19-12-7-6-8-13-19/h6-8,12-13,18,20-23,27H,4-5,9-11,14-17H2,1-3H3/t18?,20?,21?,22-,23?/m0/s1. The number of nitrogens with one attached hydrogen (secondary N) is 1. The summed E-state index contributed by atoms with van der Waals surface area (Å²) < 4.78 is 10.8. The third-order valence-corrected chi connectivity index (χ3v) is 6.81. The Bertz CT molecular complexity index is 799. The highest BCUT2D eigenvalue weighted by Crippen LogP contribution is 2.40. The molecule has 1 amide bonds. The number of benzene rings is 1. The van der Waals surface area contributed by atoms with E-state index >= 15 is 0 Å². The van der Waals surface area contributed by atoms with E-state index in [1.165, 1.54) is 0 Å². The number of hydrogen-bond donors (Lipinski definition) is 1. The van der Waals surface area contributed by atoms with Gasteiger partial charge < -0.3 is 14.4 Å². The van der Waals surface area contributed by atoms with Crippen molar-refractivity contribution in [3.63, 3.8) is 0 Å². The van der Waals surface area contributed by atoms with E-state index in [0.29, 0.717) is 25.4 Å². The summed E-state index contributed by atoms with van der Waals surface area (Å²) in [5.74, 6) is -0.503. The molecule has 0 aromatic heterocycles. The molecule has 33 heavy (non-hydrogen) atoms. The van der Waals surface area contributed by atoms with E-state index in [-0.39, 0.29) is 30.5 Å². The van der Waals surface area contributed by atoms with E-state index in [9.17, 15) is 14.4 Å². The minimum absolute atomic E-state index is 0.0528. The number of esters is 2. The molecule has 0 radical (unpaired) electrons. The van der Waals surface area contributed by atoms with E-state index in [4.69, 9.17) is 9.47 Å². The Labute approximate surface area is 197 Å². The van der Waals surface area contributed by atoms with Gasteiger partial charge in [-0.2, -0.15) is 0 Å². The maximum atomic E-state index is 13.6. The molecular formula is C26H38N2O5. The highest BCUT2D eigenvalue weighted by molar-refractivity contribution is 5.89. The summed E-state index contributed by atoms with van der Waals surface area (Å²) in [7, 11) is 0. The average Bonchev–Trinajstić information content (AvgIpc) is 3.22. The van der Waals surface area contributed by atoms with Crippen molar-refractivity contribution in [3.05, 3.63) is 35.9 Å². The predicted octanol–water partition coefficient (Wildman–Crippen LogP) is 3.60. The van der Waals surface area contributed by atoms with Crippen molar-refractivity contribution in [3.8, 4) is 0 Å². The fraction of sp³-hybridized carbons (Fsp3) is 0.654. The van der Waals surface area contributed by atoms with Gasteiger partial charge in [-0.05, 0) is 51.0 Å². The average molecular weight is 459 g/mol. The molecule has 1 aromatic carbocycles. The van der Waals surface area contributed by atoms with Crippen LogP contribution >= 0.6 is 0 Å². The number of amides is 1. The number of carbonyl (C=O) groups excluding carboxylic acids is 3. The van der Waals surface area contributed by atoms with Crippen LogP contribution in [0.5, 0.6) is 0 Å². The maximum absolute atomic E-state index is 13.6. The van der Waals surface area contributed by atoms with Crippen molar-refractivity contribution < 1.29 is 23.9 Å². The topological polar surface area (TPSA) is 84.9 Å². The first-order valence-electron chi connectivity index (χ1n) is 12.4. The molecule has 0 bridgehead atoms. The minimum atomic E-state index is -0.601. The van der Waals surface area contributed by atoms with Crippen molar-refractivity contribution >= 4 is 17.8 Å². The SMILES string of the molecule is CCCC(NC(C)C(=O)N1C(C(=O)OCc2ccccc2)CC2CCCC[C@@H]21)C(=O)OCC. The number of nitrogens with zero attached hydrogens (tertiary/aromatic N) is 1. The Balaban J connectivity index is 1.72. The second-order valence-electron chi connectivity index (χ2n) is 9.18. The Kier molecular flexibility index (Phi) is 9.30. The van der Waals surface area contributed by atoms with Crippen LogP contribution < -0.4 is 5.32 Å². The first-order chi connectivity index (χ1) is 16.0. The predicted molar refractivity (Wildman–Crippen MR) is 125 cm³/mol. The fourth-order valence-corrected chi connectivity index (χ4v) is 5.21. The van der Waals surface area contributed by atoms with Gasteiger partial charge >= 0.3 is 11.9 Å². The molecule has 1 heterocycles. The van der Waals surface area contributed by atoms with Crippen molar-refractivity contribution in [1.82, 2.24) is 10.2 Å². The molecule has 1 aromatic rings. The fourth-order valence-electron chi connectivity index (χ4n) is 5.21. The summed E-state index contributed by atoms with van der Waals surface area (Å²) in [4.78, 5) is 40.8. The first kappa shape index (κ1) is 25.2. The number of rotatable bonds is 10.